The molecule has 0 aliphatic carbocycles. The normalized spacial score (nSPS) is 14.4. The summed E-state index contributed by atoms with van der Waals surface area (Å²) in [6, 6.07) is 12.0. The lowest BCUT2D eigenvalue weighted by molar-refractivity contribution is 0.0513. The van der Waals surface area contributed by atoms with Crippen LogP contribution >= 0.6 is 11.6 Å². The standard InChI is InChI=1S/C19H16ClN3O4/c20-14-5-3-13(4-6-14)17-12-15(21-27-17)18(24)22-7-9-23(10-8-22)19(25)16-2-1-11-26-16/h1-6,11-12H,7-10H2. The van der Waals surface area contributed by atoms with Crippen LogP contribution in [-0.2, 0) is 0 Å². The van der Waals surface area contributed by atoms with Crippen molar-refractivity contribution < 1.29 is 18.5 Å². The van der Waals surface area contributed by atoms with Crippen molar-refractivity contribution in [3.05, 3.63) is 65.2 Å². The second-order valence-corrected chi connectivity index (χ2v) is 6.58. The zero-order chi connectivity index (χ0) is 18.8. The van der Waals surface area contributed by atoms with Gasteiger partial charge in [-0.2, -0.15) is 0 Å². The molecule has 0 bridgehead atoms. The van der Waals surface area contributed by atoms with E-state index < -0.39 is 0 Å². The number of rotatable bonds is 3. The first-order valence-corrected chi connectivity index (χ1v) is 8.84. The number of halogens is 1. The Balaban J connectivity index is 1.40. The van der Waals surface area contributed by atoms with E-state index in [4.69, 9.17) is 20.5 Å². The Bertz CT molecular complexity index is 942. The third-order valence-electron chi connectivity index (χ3n) is 4.44. The van der Waals surface area contributed by atoms with Crippen LogP contribution in [0, 0.1) is 0 Å². The van der Waals surface area contributed by atoms with E-state index in [1.165, 1.54) is 6.26 Å². The Labute approximate surface area is 160 Å². The number of nitrogens with zero attached hydrogens (tertiary/aromatic N) is 3. The Hall–Kier alpha value is -3.06. The fourth-order valence-electron chi connectivity index (χ4n) is 2.96. The number of hydrogen-bond donors (Lipinski definition) is 0. The van der Waals surface area contributed by atoms with Crippen LogP contribution in [0.25, 0.3) is 11.3 Å². The average Bonchev–Trinajstić information content (AvgIpc) is 3.40. The summed E-state index contributed by atoms with van der Waals surface area (Å²) in [4.78, 5) is 28.3. The van der Waals surface area contributed by atoms with Gasteiger partial charge in [0.25, 0.3) is 11.8 Å². The summed E-state index contributed by atoms with van der Waals surface area (Å²) in [5, 5.41) is 4.51. The molecule has 0 N–H and O–H groups in total. The summed E-state index contributed by atoms with van der Waals surface area (Å²) in [6.07, 6.45) is 1.47. The van der Waals surface area contributed by atoms with E-state index in [9.17, 15) is 9.59 Å². The maximum absolute atomic E-state index is 12.7. The summed E-state index contributed by atoms with van der Waals surface area (Å²) in [5.74, 6) is 0.420. The molecule has 0 unspecified atom stereocenters. The molecule has 0 saturated carbocycles. The predicted molar refractivity (Wildman–Crippen MR) is 97.5 cm³/mol. The minimum atomic E-state index is -0.218. The first-order valence-electron chi connectivity index (χ1n) is 8.46. The fourth-order valence-corrected chi connectivity index (χ4v) is 3.08. The number of furan rings is 1. The van der Waals surface area contributed by atoms with E-state index in [-0.39, 0.29) is 17.5 Å². The van der Waals surface area contributed by atoms with Crippen molar-refractivity contribution >= 4 is 23.4 Å². The number of amides is 2. The highest BCUT2D eigenvalue weighted by atomic mass is 35.5. The van der Waals surface area contributed by atoms with Crippen LogP contribution < -0.4 is 0 Å². The molecule has 1 fully saturated rings. The molecule has 27 heavy (non-hydrogen) atoms. The number of piperazine rings is 1. The second-order valence-electron chi connectivity index (χ2n) is 6.14. The smallest absolute Gasteiger partial charge is 0.289 e. The average molecular weight is 386 g/mol. The van der Waals surface area contributed by atoms with Gasteiger partial charge in [0, 0.05) is 42.8 Å². The van der Waals surface area contributed by atoms with Gasteiger partial charge in [0.1, 0.15) is 0 Å². The molecule has 1 aromatic carbocycles. The molecule has 0 atom stereocenters. The van der Waals surface area contributed by atoms with Gasteiger partial charge in [-0.25, -0.2) is 0 Å². The Morgan fingerprint density at radius 1 is 0.963 bits per heavy atom. The Morgan fingerprint density at radius 3 is 2.26 bits per heavy atom. The Kier molecular flexibility index (Phi) is 4.68. The first kappa shape index (κ1) is 17.4. The molecular formula is C19H16ClN3O4. The molecule has 3 heterocycles. The van der Waals surface area contributed by atoms with Gasteiger partial charge in [-0.1, -0.05) is 16.8 Å². The van der Waals surface area contributed by atoms with Crippen LogP contribution in [0.3, 0.4) is 0 Å². The molecule has 1 aliphatic rings. The molecule has 2 amide bonds. The predicted octanol–water partition coefficient (Wildman–Crippen LogP) is 3.19. The summed E-state index contributed by atoms with van der Waals surface area (Å²) in [7, 11) is 0. The van der Waals surface area contributed by atoms with Gasteiger partial charge in [0.2, 0.25) is 0 Å². The van der Waals surface area contributed by atoms with E-state index in [2.05, 4.69) is 5.16 Å². The third kappa shape index (κ3) is 3.59. The summed E-state index contributed by atoms with van der Waals surface area (Å²) >= 11 is 5.88. The van der Waals surface area contributed by atoms with Crippen LogP contribution in [0.5, 0.6) is 0 Å². The van der Waals surface area contributed by atoms with Crippen LogP contribution in [0.1, 0.15) is 21.0 Å². The van der Waals surface area contributed by atoms with E-state index in [1.54, 1.807) is 52.3 Å². The molecule has 1 saturated heterocycles. The minimum Gasteiger partial charge on any atom is -0.459 e. The van der Waals surface area contributed by atoms with Crippen LogP contribution in [-0.4, -0.2) is 52.9 Å². The maximum atomic E-state index is 12.7. The molecule has 3 aromatic rings. The van der Waals surface area contributed by atoms with Gasteiger partial charge in [0.05, 0.1) is 6.26 Å². The highest BCUT2D eigenvalue weighted by molar-refractivity contribution is 6.30. The number of benzene rings is 1. The van der Waals surface area contributed by atoms with E-state index in [0.717, 1.165) is 5.56 Å². The largest absolute Gasteiger partial charge is 0.459 e. The van der Waals surface area contributed by atoms with Crippen LogP contribution in [0.15, 0.2) is 57.7 Å². The third-order valence-corrected chi connectivity index (χ3v) is 4.70. The van der Waals surface area contributed by atoms with Crippen molar-refractivity contribution in [1.82, 2.24) is 15.0 Å². The quantitative estimate of drug-likeness (QED) is 0.691. The highest BCUT2D eigenvalue weighted by Gasteiger charge is 2.28. The molecule has 7 nitrogen and oxygen atoms in total. The summed E-state index contributed by atoms with van der Waals surface area (Å²) < 4.78 is 10.4. The van der Waals surface area contributed by atoms with Crippen molar-refractivity contribution in [2.75, 3.05) is 26.2 Å². The number of carbonyl (C=O) groups is 2. The van der Waals surface area contributed by atoms with E-state index in [0.29, 0.717) is 42.7 Å². The SMILES string of the molecule is O=C(c1cc(-c2ccc(Cl)cc2)on1)N1CCN(C(=O)c2ccco2)CC1. The molecule has 4 rings (SSSR count). The fraction of sp³-hybridized carbons (Fsp3) is 0.211. The highest BCUT2D eigenvalue weighted by Crippen LogP contribution is 2.23. The summed E-state index contributed by atoms with van der Waals surface area (Å²) in [6.45, 7) is 1.73. The lowest BCUT2D eigenvalue weighted by Gasteiger charge is -2.33. The molecule has 138 valence electrons. The van der Waals surface area contributed by atoms with E-state index in [1.807, 2.05) is 0 Å². The zero-order valence-corrected chi connectivity index (χ0v) is 15.1. The topological polar surface area (TPSA) is 79.8 Å². The van der Waals surface area contributed by atoms with Gasteiger partial charge in [-0.3, -0.25) is 9.59 Å². The van der Waals surface area contributed by atoms with Gasteiger partial charge >= 0.3 is 0 Å². The first-order chi connectivity index (χ1) is 13.1. The van der Waals surface area contributed by atoms with Crippen molar-refractivity contribution in [3.63, 3.8) is 0 Å². The lowest BCUT2D eigenvalue weighted by atomic mass is 10.1. The van der Waals surface area contributed by atoms with Crippen LogP contribution in [0.2, 0.25) is 5.02 Å². The molecular weight excluding hydrogens is 370 g/mol. The number of aromatic nitrogens is 1. The maximum Gasteiger partial charge on any atom is 0.289 e. The van der Waals surface area contributed by atoms with Gasteiger partial charge in [-0.15, -0.1) is 0 Å². The van der Waals surface area contributed by atoms with Crippen molar-refractivity contribution in [3.8, 4) is 11.3 Å². The van der Waals surface area contributed by atoms with Crippen molar-refractivity contribution in [2.45, 2.75) is 0 Å². The number of carbonyl (C=O) groups excluding carboxylic acids is 2. The molecule has 0 spiro atoms. The number of hydrogen-bond acceptors (Lipinski definition) is 5. The second kappa shape index (κ2) is 7.28. The Morgan fingerprint density at radius 2 is 1.63 bits per heavy atom. The van der Waals surface area contributed by atoms with Gasteiger partial charge in [-0.05, 0) is 36.4 Å². The van der Waals surface area contributed by atoms with Crippen molar-refractivity contribution in [1.29, 1.82) is 0 Å². The van der Waals surface area contributed by atoms with E-state index >= 15 is 0 Å². The molecule has 1 aliphatic heterocycles. The molecule has 0 radical (unpaired) electrons. The van der Waals surface area contributed by atoms with Crippen molar-refractivity contribution in [2.24, 2.45) is 0 Å². The lowest BCUT2D eigenvalue weighted by Crippen LogP contribution is -2.50. The van der Waals surface area contributed by atoms with Gasteiger partial charge < -0.3 is 18.7 Å². The summed E-state index contributed by atoms with van der Waals surface area (Å²) in [5.41, 5.74) is 1.03. The van der Waals surface area contributed by atoms with Gasteiger partial charge in [0.15, 0.2) is 17.2 Å². The zero-order valence-electron chi connectivity index (χ0n) is 14.3. The van der Waals surface area contributed by atoms with Crippen LogP contribution in [0.4, 0.5) is 0 Å². The molecule has 2 aromatic heterocycles. The monoisotopic (exact) mass is 385 g/mol. The molecule has 8 heteroatoms. The minimum absolute atomic E-state index is 0.168.